The summed E-state index contributed by atoms with van der Waals surface area (Å²) >= 11 is 11.6. The molecule has 4 heteroatoms. The van der Waals surface area contributed by atoms with Crippen molar-refractivity contribution in [1.29, 1.82) is 0 Å². The van der Waals surface area contributed by atoms with Crippen LogP contribution in [0.4, 0.5) is 0 Å². The lowest BCUT2D eigenvalue weighted by atomic mass is 10.3. The summed E-state index contributed by atoms with van der Waals surface area (Å²) in [6.07, 6.45) is 0. The van der Waals surface area contributed by atoms with Gasteiger partial charge < -0.3 is 9.47 Å². The molecule has 0 aliphatic carbocycles. The van der Waals surface area contributed by atoms with Crippen LogP contribution in [0, 0.1) is 6.07 Å². The fourth-order valence-electron chi connectivity index (χ4n) is 0.782. The Labute approximate surface area is 87.4 Å². The topological polar surface area (TPSA) is 18.5 Å². The fraction of sp³-hybridized carbons (Fsp3) is 0.333. The number of halogens is 2. The number of hydrogen-bond acceptors (Lipinski definition) is 2. The molecule has 0 atom stereocenters. The predicted molar refractivity (Wildman–Crippen MR) is 52.7 cm³/mol. The van der Waals surface area contributed by atoms with Gasteiger partial charge in [0.15, 0.2) is 0 Å². The van der Waals surface area contributed by atoms with Gasteiger partial charge in [0.25, 0.3) is 0 Å². The zero-order chi connectivity index (χ0) is 9.68. The average molecular weight is 220 g/mol. The van der Waals surface area contributed by atoms with Crippen LogP contribution in [0.5, 0.6) is 5.75 Å². The van der Waals surface area contributed by atoms with E-state index in [1.807, 2.05) is 0 Å². The Morgan fingerprint density at radius 3 is 2.85 bits per heavy atom. The monoisotopic (exact) mass is 219 g/mol. The summed E-state index contributed by atoms with van der Waals surface area (Å²) in [5.74, 6) is 0.558. The van der Waals surface area contributed by atoms with Gasteiger partial charge in [-0.15, -0.1) is 0 Å². The van der Waals surface area contributed by atoms with Gasteiger partial charge in [-0.05, 0) is 12.1 Å². The molecule has 1 rings (SSSR count). The van der Waals surface area contributed by atoms with Crippen molar-refractivity contribution in [3.63, 3.8) is 0 Å². The van der Waals surface area contributed by atoms with E-state index in [0.29, 0.717) is 29.0 Å². The summed E-state index contributed by atoms with van der Waals surface area (Å²) in [5, 5.41) is 0.761. The van der Waals surface area contributed by atoms with Gasteiger partial charge in [0.05, 0.1) is 11.6 Å². The molecule has 13 heavy (non-hydrogen) atoms. The molecule has 2 nitrogen and oxygen atoms in total. The van der Waals surface area contributed by atoms with Gasteiger partial charge in [-0.1, -0.05) is 23.2 Å². The van der Waals surface area contributed by atoms with Crippen molar-refractivity contribution in [2.24, 2.45) is 0 Å². The highest BCUT2D eigenvalue weighted by molar-refractivity contribution is 6.42. The van der Waals surface area contributed by atoms with E-state index in [2.05, 4.69) is 6.07 Å². The van der Waals surface area contributed by atoms with Crippen LogP contribution in [0.25, 0.3) is 0 Å². The zero-order valence-electron chi connectivity index (χ0n) is 7.14. The van der Waals surface area contributed by atoms with Gasteiger partial charge in [-0.3, -0.25) is 0 Å². The number of benzene rings is 1. The zero-order valence-corrected chi connectivity index (χ0v) is 8.65. The van der Waals surface area contributed by atoms with Crippen molar-refractivity contribution < 1.29 is 9.47 Å². The van der Waals surface area contributed by atoms with Crippen molar-refractivity contribution >= 4 is 23.2 Å². The lowest BCUT2D eigenvalue weighted by molar-refractivity contribution is 0.146. The van der Waals surface area contributed by atoms with E-state index in [9.17, 15) is 0 Å². The van der Waals surface area contributed by atoms with Crippen LogP contribution in [-0.2, 0) is 4.74 Å². The van der Waals surface area contributed by atoms with Crippen LogP contribution in [0.2, 0.25) is 10.0 Å². The van der Waals surface area contributed by atoms with Gasteiger partial charge >= 0.3 is 0 Å². The van der Waals surface area contributed by atoms with Gasteiger partial charge in [-0.2, -0.15) is 0 Å². The van der Waals surface area contributed by atoms with Crippen LogP contribution in [0.15, 0.2) is 12.1 Å². The Hall–Kier alpha value is -0.440. The molecule has 0 aliphatic heterocycles. The van der Waals surface area contributed by atoms with E-state index < -0.39 is 0 Å². The smallest absolute Gasteiger partial charge is 0.139 e. The highest BCUT2D eigenvalue weighted by atomic mass is 35.5. The maximum absolute atomic E-state index is 5.84. The molecular formula is C9H9Cl2O2. The van der Waals surface area contributed by atoms with Crippen LogP contribution >= 0.6 is 23.2 Å². The molecule has 1 aromatic carbocycles. The van der Waals surface area contributed by atoms with E-state index in [0.717, 1.165) is 0 Å². The molecule has 0 N–H and O–H groups in total. The summed E-state index contributed by atoms with van der Waals surface area (Å²) < 4.78 is 10.1. The second-order valence-electron chi connectivity index (χ2n) is 2.31. The lowest BCUT2D eigenvalue weighted by Gasteiger charge is -2.07. The van der Waals surface area contributed by atoms with E-state index in [1.165, 1.54) is 0 Å². The lowest BCUT2D eigenvalue weighted by Crippen LogP contribution is -2.04. The first-order valence-electron chi connectivity index (χ1n) is 3.73. The first-order chi connectivity index (χ1) is 6.25. The SMILES string of the molecule is COCCOc1cc[c]c(Cl)c1Cl. The molecule has 0 unspecified atom stereocenters. The molecule has 0 saturated heterocycles. The average Bonchev–Trinajstić information content (AvgIpc) is 2.13. The molecule has 0 aromatic heterocycles. The minimum Gasteiger partial charge on any atom is -0.490 e. The predicted octanol–water partition coefficient (Wildman–Crippen LogP) is 2.82. The quantitative estimate of drug-likeness (QED) is 0.726. The molecule has 0 fully saturated rings. The molecule has 71 valence electrons. The van der Waals surface area contributed by atoms with E-state index in [4.69, 9.17) is 32.7 Å². The van der Waals surface area contributed by atoms with Crippen molar-refractivity contribution in [2.75, 3.05) is 20.3 Å². The molecular weight excluding hydrogens is 211 g/mol. The molecule has 0 heterocycles. The minimum atomic E-state index is 0.372. The van der Waals surface area contributed by atoms with Crippen molar-refractivity contribution in [3.8, 4) is 5.75 Å². The highest BCUT2D eigenvalue weighted by Gasteiger charge is 2.04. The Kier molecular flexibility index (Phi) is 4.36. The summed E-state index contributed by atoms with van der Waals surface area (Å²) in [5.41, 5.74) is 0. The molecule has 0 spiro atoms. The van der Waals surface area contributed by atoms with Crippen molar-refractivity contribution in [1.82, 2.24) is 0 Å². The second-order valence-corrected chi connectivity index (χ2v) is 3.07. The largest absolute Gasteiger partial charge is 0.490 e. The van der Waals surface area contributed by atoms with Gasteiger partial charge in [0.2, 0.25) is 0 Å². The Morgan fingerprint density at radius 1 is 1.38 bits per heavy atom. The number of hydrogen-bond donors (Lipinski definition) is 0. The Morgan fingerprint density at radius 2 is 2.15 bits per heavy atom. The number of methoxy groups -OCH3 is 1. The first-order valence-corrected chi connectivity index (χ1v) is 4.48. The molecule has 0 bridgehead atoms. The standard InChI is InChI=1S/C9H9Cl2O2/c1-12-5-6-13-8-4-2-3-7(10)9(8)11/h2,4H,5-6H2,1H3. The van der Waals surface area contributed by atoms with Crippen molar-refractivity contribution in [3.05, 3.63) is 28.2 Å². The van der Waals surface area contributed by atoms with Gasteiger partial charge in [0.1, 0.15) is 17.4 Å². The van der Waals surface area contributed by atoms with Crippen LogP contribution in [-0.4, -0.2) is 20.3 Å². The van der Waals surface area contributed by atoms with E-state index in [1.54, 1.807) is 19.2 Å². The Balaban J connectivity index is 2.61. The third-order valence-corrected chi connectivity index (χ3v) is 2.17. The third kappa shape index (κ3) is 3.07. The van der Waals surface area contributed by atoms with Crippen molar-refractivity contribution in [2.45, 2.75) is 0 Å². The van der Waals surface area contributed by atoms with Crippen LogP contribution in [0.1, 0.15) is 0 Å². The highest BCUT2D eigenvalue weighted by Crippen LogP contribution is 2.30. The fourth-order valence-corrected chi connectivity index (χ4v) is 1.11. The second kappa shape index (κ2) is 5.32. The molecule has 1 aromatic rings. The summed E-state index contributed by atoms with van der Waals surface area (Å²) in [6.45, 7) is 0.975. The van der Waals surface area contributed by atoms with E-state index >= 15 is 0 Å². The maximum Gasteiger partial charge on any atom is 0.139 e. The minimum absolute atomic E-state index is 0.372. The first kappa shape index (κ1) is 10.6. The Bertz CT molecular complexity index is 276. The number of rotatable bonds is 4. The number of ether oxygens (including phenoxy) is 2. The summed E-state index contributed by atoms with van der Waals surface area (Å²) in [7, 11) is 1.61. The maximum atomic E-state index is 5.84. The molecule has 1 radical (unpaired) electrons. The summed E-state index contributed by atoms with van der Waals surface area (Å²) in [6, 6.07) is 6.13. The third-order valence-electron chi connectivity index (χ3n) is 1.40. The van der Waals surface area contributed by atoms with Gasteiger partial charge in [-0.25, -0.2) is 0 Å². The normalized spacial score (nSPS) is 10.1. The van der Waals surface area contributed by atoms with Crippen LogP contribution in [0.3, 0.4) is 0 Å². The molecule has 0 aliphatic rings. The molecule has 0 saturated carbocycles. The molecule has 0 amide bonds. The van der Waals surface area contributed by atoms with Crippen LogP contribution < -0.4 is 4.74 Å². The van der Waals surface area contributed by atoms with E-state index in [-0.39, 0.29) is 0 Å². The summed E-state index contributed by atoms with van der Waals surface area (Å²) in [4.78, 5) is 0. The van der Waals surface area contributed by atoms with Gasteiger partial charge in [0, 0.05) is 13.2 Å².